The number of aldehydes is 1. The first-order chi connectivity index (χ1) is 12.4. The van der Waals surface area contributed by atoms with E-state index in [2.05, 4.69) is 5.32 Å². The van der Waals surface area contributed by atoms with Crippen LogP contribution in [0.15, 0.2) is 47.7 Å². The Balaban J connectivity index is 1.88. The average molecular weight is 360 g/mol. The quantitative estimate of drug-likeness (QED) is 0.635. The lowest BCUT2D eigenvalue weighted by Crippen LogP contribution is -2.58. The van der Waals surface area contributed by atoms with Gasteiger partial charge in [-0.2, -0.15) is 0 Å². The van der Waals surface area contributed by atoms with Crippen molar-refractivity contribution in [3.8, 4) is 0 Å². The molecule has 0 aromatic heterocycles. The molecule has 6 heteroatoms. The van der Waals surface area contributed by atoms with E-state index in [9.17, 15) is 13.6 Å². The van der Waals surface area contributed by atoms with Crippen molar-refractivity contribution in [2.45, 2.75) is 37.7 Å². The molecule has 0 aliphatic carbocycles. The SMILES string of the molecule is C/C=C1/OC2(CCNCC2)C(F)(F)C/C1=C/C(=N)c1ccc(C=O)cc1. The molecule has 2 N–H and O–H groups in total. The second-order valence-corrected chi connectivity index (χ2v) is 6.70. The predicted molar refractivity (Wildman–Crippen MR) is 96.0 cm³/mol. The smallest absolute Gasteiger partial charge is 0.291 e. The molecule has 4 nitrogen and oxygen atoms in total. The Morgan fingerprint density at radius 2 is 1.88 bits per heavy atom. The summed E-state index contributed by atoms with van der Waals surface area (Å²) in [5.74, 6) is -2.57. The summed E-state index contributed by atoms with van der Waals surface area (Å²) >= 11 is 0. The van der Waals surface area contributed by atoms with Crippen molar-refractivity contribution in [2.24, 2.45) is 0 Å². The molecule has 0 amide bonds. The molecule has 0 saturated carbocycles. The van der Waals surface area contributed by atoms with Gasteiger partial charge in [-0.05, 0) is 37.7 Å². The Morgan fingerprint density at radius 3 is 2.46 bits per heavy atom. The number of piperidine rings is 1. The lowest BCUT2D eigenvalue weighted by atomic mass is 9.79. The van der Waals surface area contributed by atoms with Crippen LogP contribution in [-0.2, 0) is 4.74 Å². The summed E-state index contributed by atoms with van der Waals surface area (Å²) in [6, 6.07) is 6.47. The lowest BCUT2D eigenvalue weighted by Gasteiger charge is -2.47. The molecular formula is C20H22F2N2O2. The maximum atomic E-state index is 14.9. The molecule has 26 heavy (non-hydrogen) atoms. The van der Waals surface area contributed by atoms with E-state index in [0.717, 1.165) is 6.29 Å². The summed E-state index contributed by atoms with van der Waals surface area (Å²) in [6.07, 6.45) is 3.92. The zero-order valence-corrected chi connectivity index (χ0v) is 14.6. The van der Waals surface area contributed by atoms with E-state index < -0.39 is 17.9 Å². The maximum Gasteiger partial charge on any atom is 0.291 e. The van der Waals surface area contributed by atoms with Crippen molar-refractivity contribution >= 4 is 12.0 Å². The highest BCUT2D eigenvalue weighted by molar-refractivity contribution is 6.07. The van der Waals surface area contributed by atoms with Gasteiger partial charge in [-0.1, -0.05) is 24.3 Å². The van der Waals surface area contributed by atoms with Crippen molar-refractivity contribution in [2.75, 3.05) is 13.1 Å². The summed E-state index contributed by atoms with van der Waals surface area (Å²) in [6.45, 7) is 2.76. The van der Waals surface area contributed by atoms with E-state index in [1.54, 1.807) is 37.3 Å². The Hall–Kier alpha value is -2.34. The second kappa shape index (κ2) is 7.11. The number of ether oxygens (including phenoxy) is 1. The molecular weight excluding hydrogens is 338 g/mol. The largest absolute Gasteiger partial charge is 0.481 e. The number of benzene rings is 1. The molecule has 2 fully saturated rings. The number of halogens is 2. The molecule has 2 saturated heterocycles. The first-order valence-electron chi connectivity index (χ1n) is 8.70. The van der Waals surface area contributed by atoms with E-state index in [1.165, 1.54) is 6.08 Å². The first kappa shape index (κ1) is 18.5. The molecule has 0 radical (unpaired) electrons. The van der Waals surface area contributed by atoms with Crippen molar-refractivity contribution in [1.82, 2.24) is 5.32 Å². The van der Waals surface area contributed by atoms with Gasteiger partial charge in [0.2, 0.25) is 0 Å². The summed E-state index contributed by atoms with van der Waals surface area (Å²) in [7, 11) is 0. The van der Waals surface area contributed by atoms with Gasteiger partial charge < -0.3 is 15.5 Å². The molecule has 1 spiro atoms. The molecule has 2 aliphatic rings. The molecule has 3 rings (SSSR count). The van der Waals surface area contributed by atoms with Gasteiger partial charge >= 0.3 is 0 Å². The standard InChI is InChI=1S/C20H22F2N2O2/c1-2-18-16(11-17(23)15-5-3-14(13-25)4-6-15)12-20(21,22)19(26-18)7-9-24-10-8-19/h2-6,11,13,23-24H,7-10,12H2,1H3/b16-11-,18-2+,23-17?. The normalized spacial score (nSPS) is 24.4. The van der Waals surface area contributed by atoms with E-state index in [4.69, 9.17) is 10.1 Å². The first-order valence-corrected chi connectivity index (χ1v) is 8.70. The van der Waals surface area contributed by atoms with Crippen LogP contribution in [0.3, 0.4) is 0 Å². The van der Waals surface area contributed by atoms with E-state index >= 15 is 0 Å². The third kappa shape index (κ3) is 3.33. The van der Waals surface area contributed by atoms with Crippen molar-refractivity contribution in [3.63, 3.8) is 0 Å². The molecule has 138 valence electrons. The topological polar surface area (TPSA) is 62.2 Å². The number of rotatable bonds is 3. The van der Waals surface area contributed by atoms with Crippen LogP contribution in [-0.4, -0.2) is 36.6 Å². The molecule has 2 aliphatic heterocycles. The van der Waals surface area contributed by atoms with Gasteiger partial charge in [0, 0.05) is 30.4 Å². The summed E-state index contributed by atoms with van der Waals surface area (Å²) in [5.41, 5.74) is 0.0296. The fraction of sp³-hybridized carbons (Fsp3) is 0.400. The number of carbonyl (C=O) groups excluding carboxylic acids is 1. The van der Waals surface area contributed by atoms with Crippen molar-refractivity contribution in [1.29, 1.82) is 5.41 Å². The van der Waals surface area contributed by atoms with Crippen molar-refractivity contribution < 1.29 is 18.3 Å². The van der Waals surface area contributed by atoms with Crippen LogP contribution in [0.5, 0.6) is 0 Å². The van der Waals surface area contributed by atoms with Gasteiger partial charge in [0.15, 0.2) is 5.60 Å². The van der Waals surface area contributed by atoms with Gasteiger partial charge in [-0.3, -0.25) is 4.79 Å². The van der Waals surface area contributed by atoms with Crippen LogP contribution in [0, 0.1) is 5.41 Å². The van der Waals surface area contributed by atoms with Crippen LogP contribution >= 0.6 is 0 Å². The highest BCUT2D eigenvalue weighted by Crippen LogP contribution is 2.50. The highest BCUT2D eigenvalue weighted by atomic mass is 19.3. The molecule has 0 unspecified atom stereocenters. The molecule has 0 atom stereocenters. The second-order valence-electron chi connectivity index (χ2n) is 6.70. The summed E-state index contributed by atoms with van der Waals surface area (Å²) in [4.78, 5) is 10.7. The zero-order valence-electron chi connectivity index (χ0n) is 14.6. The van der Waals surface area contributed by atoms with Gasteiger partial charge in [-0.25, -0.2) is 8.78 Å². The van der Waals surface area contributed by atoms with Crippen LogP contribution in [0.1, 0.15) is 42.1 Å². The fourth-order valence-electron chi connectivity index (χ4n) is 3.50. The average Bonchev–Trinajstić information content (AvgIpc) is 2.65. The fourth-order valence-corrected chi connectivity index (χ4v) is 3.50. The van der Waals surface area contributed by atoms with Gasteiger partial charge in [0.1, 0.15) is 12.0 Å². The number of hydrogen-bond donors (Lipinski definition) is 2. The number of carbonyl (C=O) groups is 1. The van der Waals surface area contributed by atoms with E-state index in [0.29, 0.717) is 35.5 Å². The Labute approximate surface area is 151 Å². The summed E-state index contributed by atoms with van der Waals surface area (Å²) < 4.78 is 35.7. The van der Waals surface area contributed by atoms with Crippen molar-refractivity contribution in [3.05, 3.63) is 58.9 Å². The van der Waals surface area contributed by atoms with Crippen LogP contribution in [0.25, 0.3) is 0 Å². The van der Waals surface area contributed by atoms with Crippen LogP contribution in [0.4, 0.5) is 8.78 Å². The number of alkyl halides is 2. The molecule has 0 bridgehead atoms. The Morgan fingerprint density at radius 1 is 1.23 bits per heavy atom. The highest BCUT2D eigenvalue weighted by Gasteiger charge is 2.59. The van der Waals surface area contributed by atoms with Gasteiger partial charge in [-0.15, -0.1) is 0 Å². The van der Waals surface area contributed by atoms with Crippen LogP contribution < -0.4 is 5.32 Å². The summed E-state index contributed by atoms with van der Waals surface area (Å²) in [5, 5.41) is 11.3. The third-order valence-corrected chi connectivity index (χ3v) is 5.05. The van der Waals surface area contributed by atoms with Gasteiger partial charge in [0.05, 0.1) is 5.71 Å². The number of allylic oxidation sites excluding steroid dienone is 3. The minimum atomic E-state index is -2.99. The van der Waals surface area contributed by atoms with Crippen LogP contribution in [0.2, 0.25) is 0 Å². The predicted octanol–water partition coefficient (Wildman–Crippen LogP) is 3.87. The third-order valence-electron chi connectivity index (χ3n) is 5.05. The van der Waals surface area contributed by atoms with E-state index in [-0.39, 0.29) is 18.6 Å². The minimum Gasteiger partial charge on any atom is -0.481 e. The minimum absolute atomic E-state index is 0.109. The lowest BCUT2D eigenvalue weighted by molar-refractivity contribution is -0.214. The Bertz CT molecular complexity index is 761. The Kier molecular flexibility index (Phi) is 5.05. The monoisotopic (exact) mass is 360 g/mol. The zero-order chi connectivity index (χ0) is 18.8. The molecule has 1 aromatic carbocycles. The number of hydrogen-bond acceptors (Lipinski definition) is 4. The maximum absolute atomic E-state index is 14.9. The molecule has 1 aromatic rings. The van der Waals surface area contributed by atoms with Gasteiger partial charge in [0.25, 0.3) is 5.92 Å². The van der Waals surface area contributed by atoms with E-state index in [1.807, 2.05) is 0 Å². The number of nitrogens with one attached hydrogen (secondary N) is 2. The molecule has 2 heterocycles.